The number of piperazine rings is 1. The molecule has 0 radical (unpaired) electrons. The molecule has 10 heteroatoms. The van der Waals surface area contributed by atoms with Gasteiger partial charge in [-0.05, 0) is 62.0 Å². The minimum absolute atomic E-state index is 0.176. The summed E-state index contributed by atoms with van der Waals surface area (Å²) in [4.78, 5) is 32.1. The fourth-order valence-electron chi connectivity index (χ4n) is 4.37. The zero-order valence-electron chi connectivity index (χ0n) is 22.0. The number of urea groups is 1. The number of carbonyl (C=O) groups is 2. The van der Waals surface area contributed by atoms with E-state index in [0.717, 1.165) is 56.8 Å². The molecular formula is C29H34F2N6O2. The summed E-state index contributed by atoms with van der Waals surface area (Å²) >= 11 is 0. The summed E-state index contributed by atoms with van der Waals surface area (Å²) in [5, 5.41) is 5.47. The van der Waals surface area contributed by atoms with Crippen LogP contribution in [-0.4, -0.2) is 73.0 Å². The number of benzene rings is 3. The van der Waals surface area contributed by atoms with Crippen LogP contribution >= 0.6 is 0 Å². The van der Waals surface area contributed by atoms with Crippen molar-refractivity contribution in [1.82, 2.24) is 14.7 Å². The van der Waals surface area contributed by atoms with Gasteiger partial charge in [0, 0.05) is 56.6 Å². The predicted octanol–water partition coefficient (Wildman–Crippen LogP) is 4.47. The third-order valence-electron chi connectivity index (χ3n) is 6.75. The molecule has 0 aliphatic carbocycles. The van der Waals surface area contributed by atoms with E-state index in [1.807, 2.05) is 0 Å². The van der Waals surface area contributed by atoms with Gasteiger partial charge in [0.1, 0.15) is 0 Å². The average Bonchev–Trinajstić information content (AvgIpc) is 2.93. The van der Waals surface area contributed by atoms with Gasteiger partial charge in [0.2, 0.25) is 0 Å². The van der Waals surface area contributed by atoms with Crippen LogP contribution in [0.1, 0.15) is 22.3 Å². The van der Waals surface area contributed by atoms with Crippen molar-refractivity contribution < 1.29 is 18.4 Å². The van der Waals surface area contributed by atoms with Crippen LogP contribution < -0.4 is 16.4 Å². The number of rotatable bonds is 9. The largest absolute Gasteiger partial charge is 0.397 e. The number of nitrogen functional groups attached to an aromatic ring is 1. The third kappa shape index (κ3) is 7.98. The van der Waals surface area contributed by atoms with Gasteiger partial charge in [-0.2, -0.15) is 0 Å². The van der Waals surface area contributed by atoms with Crippen molar-refractivity contribution in [2.75, 3.05) is 62.7 Å². The van der Waals surface area contributed by atoms with Crippen LogP contribution in [-0.2, 0) is 6.54 Å². The quantitative estimate of drug-likeness (QED) is 0.351. The Balaban J connectivity index is 1.41. The minimum Gasteiger partial charge on any atom is -0.397 e. The highest BCUT2D eigenvalue weighted by molar-refractivity contribution is 6.05. The smallest absolute Gasteiger partial charge is 0.322 e. The maximum absolute atomic E-state index is 13.7. The number of nitrogens with one attached hydrogen (secondary N) is 2. The van der Waals surface area contributed by atoms with Crippen LogP contribution in [0.4, 0.5) is 30.6 Å². The summed E-state index contributed by atoms with van der Waals surface area (Å²) in [6, 6.07) is 16.8. The van der Waals surface area contributed by atoms with Crippen LogP contribution in [0.25, 0.3) is 0 Å². The van der Waals surface area contributed by atoms with Gasteiger partial charge in [-0.3, -0.25) is 4.79 Å². The molecule has 206 valence electrons. The van der Waals surface area contributed by atoms with Crippen LogP contribution in [0.2, 0.25) is 0 Å². The van der Waals surface area contributed by atoms with Crippen LogP contribution in [0.5, 0.6) is 0 Å². The molecule has 4 rings (SSSR count). The lowest BCUT2D eigenvalue weighted by molar-refractivity contribution is 0.102. The Labute approximate surface area is 227 Å². The first kappa shape index (κ1) is 28.0. The summed E-state index contributed by atoms with van der Waals surface area (Å²) in [5.74, 6) is -2.30. The molecule has 1 aliphatic rings. The molecule has 3 aromatic rings. The lowest BCUT2D eigenvalue weighted by atomic mass is 10.1. The SMILES string of the molecule is CN1CCN(CCCN(Cc2ccc(C(=O)Nc3ccccc3N)cc2)C(=O)Nc2ccc(F)c(F)c2)CC1. The molecule has 0 aromatic heterocycles. The van der Waals surface area contributed by atoms with Gasteiger partial charge in [0.15, 0.2) is 11.6 Å². The lowest BCUT2D eigenvalue weighted by Gasteiger charge is -2.33. The fourth-order valence-corrected chi connectivity index (χ4v) is 4.37. The van der Waals surface area contributed by atoms with Gasteiger partial charge in [-0.25, -0.2) is 13.6 Å². The molecule has 0 spiro atoms. The first-order chi connectivity index (χ1) is 18.8. The monoisotopic (exact) mass is 536 g/mol. The molecule has 8 nitrogen and oxygen atoms in total. The molecule has 1 saturated heterocycles. The molecule has 0 unspecified atom stereocenters. The molecule has 1 fully saturated rings. The van der Waals surface area contributed by atoms with Crippen molar-refractivity contribution in [3.05, 3.63) is 89.5 Å². The molecule has 0 bridgehead atoms. The number of nitrogens with two attached hydrogens (primary N) is 1. The van der Waals surface area contributed by atoms with E-state index in [2.05, 4.69) is 27.5 Å². The highest BCUT2D eigenvalue weighted by atomic mass is 19.2. The first-order valence-electron chi connectivity index (χ1n) is 12.9. The number of anilines is 3. The predicted molar refractivity (Wildman–Crippen MR) is 150 cm³/mol. The van der Waals surface area contributed by atoms with Crippen molar-refractivity contribution in [2.24, 2.45) is 0 Å². The highest BCUT2D eigenvalue weighted by Gasteiger charge is 2.18. The molecule has 0 saturated carbocycles. The summed E-state index contributed by atoms with van der Waals surface area (Å²) in [7, 11) is 2.10. The van der Waals surface area contributed by atoms with E-state index in [1.165, 1.54) is 6.07 Å². The summed E-state index contributed by atoms with van der Waals surface area (Å²) in [5.41, 5.74) is 8.38. The lowest BCUT2D eigenvalue weighted by Crippen LogP contribution is -2.45. The van der Waals surface area contributed by atoms with Gasteiger partial charge in [0.05, 0.1) is 11.4 Å². The van der Waals surface area contributed by atoms with Gasteiger partial charge >= 0.3 is 6.03 Å². The van der Waals surface area contributed by atoms with E-state index < -0.39 is 17.7 Å². The average molecular weight is 537 g/mol. The number of hydrogen-bond acceptors (Lipinski definition) is 5. The zero-order valence-corrected chi connectivity index (χ0v) is 22.0. The Morgan fingerprint density at radius 2 is 1.64 bits per heavy atom. The van der Waals surface area contributed by atoms with E-state index in [1.54, 1.807) is 53.4 Å². The third-order valence-corrected chi connectivity index (χ3v) is 6.75. The van der Waals surface area contributed by atoms with E-state index in [9.17, 15) is 18.4 Å². The van der Waals surface area contributed by atoms with Crippen LogP contribution in [0.15, 0.2) is 66.7 Å². The second-order valence-electron chi connectivity index (χ2n) is 9.72. The number of carbonyl (C=O) groups excluding carboxylic acids is 2. The summed E-state index contributed by atoms with van der Waals surface area (Å²) < 4.78 is 27.0. The Morgan fingerprint density at radius 3 is 2.33 bits per heavy atom. The molecule has 3 amide bonds. The van der Waals surface area contributed by atoms with Crippen molar-refractivity contribution >= 4 is 29.0 Å². The number of hydrogen-bond donors (Lipinski definition) is 3. The summed E-state index contributed by atoms with van der Waals surface area (Å²) in [6.07, 6.45) is 0.758. The van der Waals surface area contributed by atoms with Crippen molar-refractivity contribution in [2.45, 2.75) is 13.0 Å². The standard InChI is InChI=1S/C29H34F2N6O2/c1-35-15-17-36(18-16-35)13-4-14-37(29(39)33-23-11-12-24(30)25(31)19-23)20-21-7-9-22(10-8-21)28(38)34-27-6-3-2-5-26(27)32/h2-3,5-12,19H,4,13-18,20,32H2,1H3,(H,33,39)(H,34,38). The molecule has 1 heterocycles. The zero-order chi connectivity index (χ0) is 27.8. The molecule has 1 aliphatic heterocycles. The maximum Gasteiger partial charge on any atom is 0.322 e. The fraction of sp³-hybridized carbons (Fsp3) is 0.310. The number of halogens is 2. The van der Waals surface area contributed by atoms with Crippen molar-refractivity contribution in [1.29, 1.82) is 0 Å². The van der Waals surface area contributed by atoms with Gasteiger partial charge in [-0.1, -0.05) is 24.3 Å². The van der Waals surface area contributed by atoms with Gasteiger partial charge < -0.3 is 31.1 Å². The van der Waals surface area contributed by atoms with Gasteiger partial charge in [-0.15, -0.1) is 0 Å². The minimum atomic E-state index is -1.03. The molecule has 0 atom stereocenters. The van der Waals surface area contributed by atoms with E-state index in [-0.39, 0.29) is 18.1 Å². The Bertz CT molecular complexity index is 1280. The highest BCUT2D eigenvalue weighted by Crippen LogP contribution is 2.19. The molecular weight excluding hydrogens is 502 g/mol. The Morgan fingerprint density at radius 1 is 0.923 bits per heavy atom. The van der Waals surface area contributed by atoms with Gasteiger partial charge in [0.25, 0.3) is 5.91 Å². The molecule has 4 N–H and O–H groups in total. The number of likely N-dealkylation sites (N-methyl/N-ethyl adjacent to an activating group) is 1. The molecule has 39 heavy (non-hydrogen) atoms. The first-order valence-corrected chi connectivity index (χ1v) is 12.9. The van der Waals surface area contributed by atoms with E-state index in [0.29, 0.717) is 23.5 Å². The van der Waals surface area contributed by atoms with E-state index >= 15 is 0 Å². The van der Waals surface area contributed by atoms with Crippen molar-refractivity contribution in [3.8, 4) is 0 Å². The topological polar surface area (TPSA) is 93.9 Å². The van der Waals surface area contributed by atoms with Crippen molar-refractivity contribution in [3.63, 3.8) is 0 Å². The number of para-hydroxylation sites is 2. The number of nitrogens with zero attached hydrogens (tertiary/aromatic N) is 3. The normalized spacial score (nSPS) is 14.1. The second kappa shape index (κ2) is 13.2. The Kier molecular flexibility index (Phi) is 9.45. The summed E-state index contributed by atoms with van der Waals surface area (Å²) in [6.45, 7) is 5.59. The van der Waals surface area contributed by atoms with Crippen LogP contribution in [0.3, 0.4) is 0 Å². The van der Waals surface area contributed by atoms with E-state index in [4.69, 9.17) is 5.73 Å². The number of amides is 3. The Hall–Kier alpha value is -4.02. The van der Waals surface area contributed by atoms with Crippen LogP contribution in [0, 0.1) is 11.6 Å². The maximum atomic E-state index is 13.7. The molecule has 3 aromatic carbocycles. The second-order valence-corrected chi connectivity index (χ2v) is 9.72.